The van der Waals surface area contributed by atoms with Gasteiger partial charge in [0.2, 0.25) is 0 Å². The van der Waals surface area contributed by atoms with Crippen molar-refractivity contribution in [3.8, 4) is 5.75 Å². The molecule has 186 valence electrons. The van der Waals surface area contributed by atoms with Crippen molar-refractivity contribution in [3.63, 3.8) is 0 Å². The second-order valence-corrected chi connectivity index (χ2v) is 9.20. The molecule has 2 aliphatic rings. The molecular weight excluding hydrogens is 456 g/mol. The highest BCUT2D eigenvalue weighted by molar-refractivity contribution is 5.96. The summed E-state index contributed by atoms with van der Waals surface area (Å²) in [6.45, 7) is 3.47. The van der Waals surface area contributed by atoms with E-state index in [0.29, 0.717) is 29.8 Å². The van der Waals surface area contributed by atoms with Gasteiger partial charge >= 0.3 is 0 Å². The Morgan fingerprint density at radius 2 is 1.94 bits per heavy atom. The molecule has 1 atom stereocenters. The highest BCUT2D eigenvalue weighted by atomic mass is 19.3. The summed E-state index contributed by atoms with van der Waals surface area (Å²) in [4.78, 5) is 21.7. The van der Waals surface area contributed by atoms with Crippen molar-refractivity contribution in [3.05, 3.63) is 59.3 Å². The molecular formula is C26H29F2N3O4. The maximum Gasteiger partial charge on any atom is 0.280 e. The molecule has 0 aromatic carbocycles. The predicted molar refractivity (Wildman–Crippen MR) is 124 cm³/mol. The monoisotopic (exact) mass is 485 g/mol. The summed E-state index contributed by atoms with van der Waals surface area (Å²) < 4.78 is 45.1. The van der Waals surface area contributed by atoms with E-state index in [1.807, 2.05) is 22.9 Å². The number of nitrogens with zero attached hydrogens (tertiary/aromatic N) is 3. The Labute approximate surface area is 202 Å². The summed E-state index contributed by atoms with van der Waals surface area (Å²) in [6, 6.07) is 5.98. The summed E-state index contributed by atoms with van der Waals surface area (Å²) in [5, 5.41) is 0. The van der Waals surface area contributed by atoms with Gasteiger partial charge in [0, 0.05) is 62.8 Å². The van der Waals surface area contributed by atoms with E-state index in [-0.39, 0.29) is 17.9 Å². The Morgan fingerprint density at radius 1 is 1.11 bits per heavy atom. The van der Waals surface area contributed by atoms with Crippen molar-refractivity contribution < 1.29 is 27.8 Å². The maximum atomic E-state index is 13.1. The minimum Gasteiger partial charge on any atom is -0.493 e. The third-order valence-electron chi connectivity index (χ3n) is 6.73. The quantitative estimate of drug-likeness (QED) is 0.406. The first kappa shape index (κ1) is 23.8. The molecule has 0 saturated carbocycles. The molecule has 7 nitrogen and oxygen atoms in total. The van der Waals surface area contributed by atoms with E-state index in [4.69, 9.17) is 19.2 Å². The van der Waals surface area contributed by atoms with Crippen LogP contribution in [-0.4, -0.2) is 53.2 Å². The fraction of sp³-hybridized carbons (Fsp3) is 0.500. The normalized spacial score (nSPS) is 19.0. The third kappa shape index (κ3) is 5.67. The molecule has 5 rings (SSSR count). The van der Waals surface area contributed by atoms with Gasteiger partial charge in [-0.25, -0.2) is 18.7 Å². The van der Waals surface area contributed by atoms with Gasteiger partial charge in [-0.2, -0.15) is 0 Å². The van der Waals surface area contributed by atoms with E-state index >= 15 is 0 Å². The molecule has 2 fully saturated rings. The second kappa shape index (κ2) is 10.8. The summed E-state index contributed by atoms with van der Waals surface area (Å²) in [5.74, 6) is 1.04. The molecule has 0 N–H and O–H groups in total. The van der Waals surface area contributed by atoms with Crippen molar-refractivity contribution in [2.45, 2.75) is 44.4 Å². The van der Waals surface area contributed by atoms with Crippen LogP contribution in [0.25, 0.3) is 5.65 Å². The van der Waals surface area contributed by atoms with E-state index in [0.717, 1.165) is 63.5 Å². The number of ketones is 1. The first-order valence-electron chi connectivity index (χ1n) is 12.1. The molecule has 3 aromatic heterocycles. The molecule has 2 aliphatic heterocycles. The number of aromatic nitrogens is 3. The van der Waals surface area contributed by atoms with E-state index in [2.05, 4.69) is 4.98 Å². The van der Waals surface area contributed by atoms with Crippen LogP contribution in [0.1, 0.15) is 65.5 Å². The van der Waals surface area contributed by atoms with Crippen LogP contribution in [-0.2, 0) is 15.9 Å². The molecule has 35 heavy (non-hydrogen) atoms. The van der Waals surface area contributed by atoms with Gasteiger partial charge in [-0.15, -0.1) is 0 Å². The molecule has 0 aliphatic carbocycles. The van der Waals surface area contributed by atoms with E-state index < -0.39 is 12.1 Å². The largest absolute Gasteiger partial charge is 0.493 e. The number of alkyl halides is 2. The SMILES string of the molecule is O=C(Cc1cn2cc(C3CCOCC3)nc2cc1OCCC1CCOC1)c1cccc(C(F)F)n1. The molecule has 3 aromatic rings. The number of carbonyl (C=O) groups is 1. The number of pyridine rings is 2. The van der Waals surface area contributed by atoms with Crippen LogP contribution in [0.3, 0.4) is 0 Å². The lowest BCUT2D eigenvalue weighted by Crippen LogP contribution is -2.14. The molecule has 1 unspecified atom stereocenters. The number of ether oxygens (including phenoxy) is 3. The average molecular weight is 486 g/mol. The number of hydrogen-bond donors (Lipinski definition) is 0. The zero-order valence-electron chi connectivity index (χ0n) is 19.5. The van der Waals surface area contributed by atoms with E-state index in [9.17, 15) is 13.6 Å². The lowest BCUT2D eigenvalue weighted by Gasteiger charge is -2.19. The first-order chi connectivity index (χ1) is 17.1. The molecule has 0 bridgehead atoms. The average Bonchev–Trinajstić information content (AvgIpc) is 3.54. The van der Waals surface area contributed by atoms with Crippen LogP contribution in [0.4, 0.5) is 8.78 Å². The van der Waals surface area contributed by atoms with Crippen molar-refractivity contribution in [1.82, 2.24) is 14.4 Å². The lowest BCUT2D eigenvalue weighted by molar-refractivity contribution is 0.0846. The Hall–Kier alpha value is -2.91. The number of imidazole rings is 1. The zero-order valence-corrected chi connectivity index (χ0v) is 19.5. The number of fused-ring (bicyclic) bond motifs is 1. The van der Waals surface area contributed by atoms with Crippen LogP contribution >= 0.6 is 0 Å². The number of hydrogen-bond acceptors (Lipinski definition) is 6. The van der Waals surface area contributed by atoms with Gasteiger partial charge in [0.25, 0.3) is 6.43 Å². The molecule has 2 saturated heterocycles. The van der Waals surface area contributed by atoms with Crippen LogP contribution in [0, 0.1) is 5.92 Å². The molecule has 0 spiro atoms. The van der Waals surface area contributed by atoms with Gasteiger partial charge in [-0.3, -0.25) is 4.79 Å². The minimum atomic E-state index is -2.73. The molecule has 5 heterocycles. The fourth-order valence-corrected chi connectivity index (χ4v) is 4.67. The van der Waals surface area contributed by atoms with Crippen LogP contribution in [0.5, 0.6) is 5.75 Å². The highest BCUT2D eigenvalue weighted by Gasteiger charge is 2.22. The van der Waals surface area contributed by atoms with Crippen molar-refractivity contribution in [1.29, 1.82) is 0 Å². The predicted octanol–water partition coefficient (Wildman–Crippen LogP) is 4.79. The minimum absolute atomic E-state index is 0.0116. The third-order valence-corrected chi connectivity index (χ3v) is 6.73. The number of halogens is 2. The van der Waals surface area contributed by atoms with Crippen molar-refractivity contribution in [2.75, 3.05) is 33.0 Å². The van der Waals surface area contributed by atoms with Crippen LogP contribution in [0.15, 0.2) is 36.7 Å². The van der Waals surface area contributed by atoms with Crippen LogP contribution in [0.2, 0.25) is 0 Å². The van der Waals surface area contributed by atoms with Crippen molar-refractivity contribution >= 4 is 11.4 Å². The number of carbonyl (C=O) groups excluding carboxylic acids is 1. The second-order valence-electron chi connectivity index (χ2n) is 9.20. The topological polar surface area (TPSA) is 75.0 Å². The number of rotatable bonds is 9. The van der Waals surface area contributed by atoms with E-state index in [1.165, 1.54) is 18.2 Å². The molecule has 0 amide bonds. The fourth-order valence-electron chi connectivity index (χ4n) is 4.67. The zero-order chi connectivity index (χ0) is 24.2. The summed E-state index contributed by atoms with van der Waals surface area (Å²) in [7, 11) is 0. The molecule has 0 radical (unpaired) electrons. The van der Waals surface area contributed by atoms with Gasteiger partial charge in [0.1, 0.15) is 22.8 Å². The highest BCUT2D eigenvalue weighted by Crippen LogP contribution is 2.29. The summed E-state index contributed by atoms with van der Waals surface area (Å²) >= 11 is 0. The Kier molecular flexibility index (Phi) is 7.34. The van der Waals surface area contributed by atoms with Gasteiger partial charge in [-0.05, 0) is 43.7 Å². The summed E-state index contributed by atoms with van der Waals surface area (Å²) in [6.07, 6.45) is 4.84. The maximum absolute atomic E-state index is 13.1. The Bertz CT molecular complexity index is 1170. The lowest BCUT2D eigenvalue weighted by atomic mass is 9.97. The Balaban J connectivity index is 1.40. The van der Waals surface area contributed by atoms with E-state index in [1.54, 1.807) is 0 Å². The number of Topliss-reactive ketones (excluding diaryl/α,β-unsaturated/α-hetero) is 1. The van der Waals surface area contributed by atoms with Gasteiger partial charge < -0.3 is 18.6 Å². The van der Waals surface area contributed by atoms with Crippen LogP contribution < -0.4 is 4.74 Å². The van der Waals surface area contributed by atoms with Gasteiger partial charge in [0.15, 0.2) is 5.78 Å². The van der Waals surface area contributed by atoms with Crippen molar-refractivity contribution in [2.24, 2.45) is 5.92 Å². The first-order valence-corrected chi connectivity index (χ1v) is 12.1. The smallest absolute Gasteiger partial charge is 0.280 e. The van der Waals surface area contributed by atoms with Gasteiger partial charge in [-0.1, -0.05) is 6.07 Å². The summed E-state index contributed by atoms with van der Waals surface area (Å²) in [5.41, 5.74) is 2.03. The van der Waals surface area contributed by atoms with Gasteiger partial charge in [0.05, 0.1) is 12.3 Å². The standard InChI is InChI=1S/C26H29F2N3O4/c27-26(28)21-3-1-2-20(29-21)23(32)12-19-14-31-15-22(18-6-9-33-10-7-18)30-25(31)13-24(19)35-11-5-17-4-8-34-16-17/h1-3,13-15,17-18,26H,4-12,16H2. The molecule has 9 heteroatoms. The Morgan fingerprint density at radius 3 is 2.71 bits per heavy atom.